The Hall–Kier alpha value is 0.430. The Balaban J connectivity index is 4.50. The Kier molecular flexibility index (Phi) is 1.20. The molecule has 0 fully saturated rings. The molecular weight excluding hydrogens is 248 g/mol. The van der Waals surface area contributed by atoms with E-state index >= 15 is 0 Å². The van der Waals surface area contributed by atoms with Gasteiger partial charge in [0.15, 0.2) is 0 Å². The molecule has 0 radical (unpaired) electrons. The van der Waals surface area contributed by atoms with Gasteiger partial charge in [0.25, 0.3) is 0 Å². The first-order valence-electron chi connectivity index (χ1n) is 1.37. The van der Waals surface area contributed by atoms with Crippen molar-refractivity contribution in [3.63, 3.8) is 0 Å². The van der Waals surface area contributed by atoms with Crippen molar-refractivity contribution in [1.82, 2.24) is 0 Å². The van der Waals surface area contributed by atoms with Gasteiger partial charge in [-0.2, -0.15) is 0 Å². The normalized spacial score (nSPS) is 21.8. The van der Waals surface area contributed by atoms with Crippen LogP contribution in [0.4, 0.5) is 11.6 Å². The van der Waals surface area contributed by atoms with Crippen LogP contribution in [0, 0.1) is 0 Å². The monoisotopic (exact) mass is 254 g/mol. The van der Waals surface area contributed by atoms with Crippen molar-refractivity contribution in [2.75, 3.05) is 7.11 Å². The first kappa shape index (κ1) is 8.43. The molecule has 0 aliphatic heterocycles. The molecule has 2 nitrogen and oxygen atoms in total. The van der Waals surface area contributed by atoms with E-state index in [2.05, 4.69) is 3.10 Å². The summed E-state index contributed by atoms with van der Waals surface area (Å²) in [6.45, 7) is 0. The molecule has 0 unspecified atom stereocenters. The van der Waals surface area contributed by atoms with Crippen molar-refractivity contribution in [3.8, 4) is 0 Å². The Bertz CT molecular complexity index is 97.2. The van der Waals surface area contributed by atoms with E-state index in [4.69, 9.17) is 3.47 Å². The van der Waals surface area contributed by atoms with Crippen molar-refractivity contribution < 1.29 is 18.1 Å². The fraction of sp³-hybridized carbons (Fsp3) is 1.00. The number of hydrogen-bond donors (Lipinski definition) is 1. The quantitative estimate of drug-likeness (QED) is 0.553. The van der Waals surface area contributed by atoms with E-state index in [1.807, 2.05) is 0 Å². The molecule has 0 aromatic rings. The zero-order chi connectivity index (χ0) is 7.12. The summed E-state index contributed by atoms with van der Waals surface area (Å²) in [5.41, 5.74) is 0. The van der Waals surface area contributed by atoms with Gasteiger partial charge in [-0.3, -0.25) is 0 Å². The molecule has 0 aromatic carbocycles. The molecule has 54 valence electrons. The molecule has 0 amide bonds. The Morgan fingerprint density at radius 2 is 1.38 bits per heavy atom. The Labute approximate surface area is 44.4 Å². The average Bonchev–Trinajstić information content (AvgIpc) is 1.30. The summed E-state index contributed by atoms with van der Waals surface area (Å²) in [4.78, 5) is 0. The van der Waals surface area contributed by atoms with Crippen molar-refractivity contribution in [2.45, 2.75) is 0 Å². The summed E-state index contributed by atoms with van der Waals surface area (Å²) in [7, 11) is 0.0609. The molecule has 0 saturated heterocycles. The van der Waals surface area contributed by atoms with Gasteiger partial charge < -0.3 is 0 Å². The summed E-state index contributed by atoms with van der Waals surface area (Å²) >= 11 is -9.74. The second kappa shape index (κ2) is 1.14. The fourth-order valence-corrected chi connectivity index (χ4v) is 0. The average molecular weight is 252 g/mol. The Morgan fingerprint density at radius 1 is 1.25 bits per heavy atom. The molecule has 1 N–H and O–H groups in total. The van der Waals surface area contributed by atoms with Gasteiger partial charge in [-0.05, 0) is 0 Å². The van der Waals surface area contributed by atoms with Crippen LogP contribution in [0.5, 0.6) is 0 Å². The van der Waals surface area contributed by atoms with Gasteiger partial charge in [-0.15, -0.1) is 0 Å². The van der Waals surface area contributed by atoms with Gasteiger partial charge in [-0.25, -0.2) is 0 Å². The topological polar surface area (TPSA) is 29.5 Å². The minimum atomic E-state index is -9.74. The SMILES string of the molecule is CO[Te](O)(F)(F)(F)F. The summed E-state index contributed by atoms with van der Waals surface area (Å²) in [5.74, 6) is 0. The van der Waals surface area contributed by atoms with Crippen molar-refractivity contribution in [2.24, 2.45) is 0 Å². The molecule has 0 aliphatic carbocycles. The van der Waals surface area contributed by atoms with Crippen LogP contribution in [-0.2, 0) is 3.10 Å². The molecule has 0 heterocycles. The zero-order valence-corrected chi connectivity index (χ0v) is 6.11. The molecule has 0 aliphatic rings. The zero-order valence-electron chi connectivity index (χ0n) is 3.78. The van der Waals surface area contributed by atoms with Crippen LogP contribution in [0.25, 0.3) is 0 Å². The van der Waals surface area contributed by atoms with Gasteiger partial charge >= 0.3 is 43.8 Å². The minimum absolute atomic E-state index is 0.0609. The van der Waals surface area contributed by atoms with Crippen LogP contribution in [0.1, 0.15) is 0 Å². The summed E-state index contributed by atoms with van der Waals surface area (Å²) in [6, 6.07) is 0. The maximum atomic E-state index is 11.0. The van der Waals surface area contributed by atoms with Gasteiger partial charge in [0.1, 0.15) is 0 Å². The van der Waals surface area contributed by atoms with Crippen LogP contribution < -0.4 is 0 Å². The molecular formula is CH4F4O2Te. The van der Waals surface area contributed by atoms with Gasteiger partial charge in [0.2, 0.25) is 0 Å². The van der Waals surface area contributed by atoms with E-state index in [1.54, 1.807) is 0 Å². The standard InChI is InChI=1S/CH4F4O2Te/c1-7-8(2,3,4,5)6/h6H,1H3. The third-order valence-electron chi connectivity index (χ3n) is 0.327. The van der Waals surface area contributed by atoms with Gasteiger partial charge in [0, 0.05) is 0 Å². The van der Waals surface area contributed by atoms with Crippen LogP contribution in [0.2, 0.25) is 0 Å². The van der Waals surface area contributed by atoms with E-state index in [9.17, 15) is 11.6 Å². The van der Waals surface area contributed by atoms with Crippen LogP contribution in [-0.4, -0.2) is 29.1 Å². The predicted molar refractivity (Wildman–Crippen MR) is 19.4 cm³/mol. The van der Waals surface area contributed by atoms with E-state index < -0.39 is 18.5 Å². The number of rotatable bonds is 1. The number of halogens is 4. The van der Waals surface area contributed by atoms with Crippen LogP contribution in [0.3, 0.4) is 0 Å². The van der Waals surface area contributed by atoms with Crippen LogP contribution in [0.15, 0.2) is 0 Å². The van der Waals surface area contributed by atoms with E-state index in [1.165, 1.54) is 0 Å². The first-order valence-corrected chi connectivity index (χ1v) is 6.89. The second-order valence-electron chi connectivity index (χ2n) is 1.12. The van der Waals surface area contributed by atoms with Gasteiger partial charge in [0.05, 0.1) is 0 Å². The summed E-state index contributed by atoms with van der Waals surface area (Å²) in [5, 5.41) is 0. The summed E-state index contributed by atoms with van der Waals surface area (Å²) < 4.78 is 53.5. The van der Waals surface area contributed by atoms with E-state index in [-0.39, 0.29) is 7.11 Å². The van der Waals surface area contributed by atoms with Crippen LogP contribution >= 0.6 is 0 Å². The molecule has 0 bridgehead atoms. The first-order chi connectivity index (χ1) is 3.04. The van der Waals surface area contributed by atoms with Gasteiger partial charge in [-0.1, -0.05) is 0 Å². The molecule has 8 heavy (non-hydrogen) atoms. The third-order valence-corrected chi connectivity index (χ3v) is 2.19. The van der Waals surface area contributed by atoms with Crippen molar-refractivity contribution in [1.29, 1.82) is 0 Å². The maximum absolute atomic E-state index is 11.0. The second-order valence-corrected chi connectivity index (χ2v) is 7.51. The Morgan fingerprint density at radius 3 is 1.38 bits per heavy atom. The molecule has 7 heteroatoms. The number of hydrogen-bond acceptors (Lipinski definition) is 2. The van der Waals surface area contributed by atoms with Crippen molar-refractivity contribution >= 4 is 18.5 Å². The third kappa shape index (κ3) is 6.43. The molecule has 0 atom stereocenters. The fourth-order valence-electron chi connectivity index (χ4n) is 0. The summed E-state index contributed by atoms with van der Waals surface area (Å²) in [6.07, 6.45) is 0. The molecule has 0 aromatic heterocycles. The van der Waals surface area contributed by atoms with E-state index in [0.717, 1.165) is 0 Å². The molecule has 0 saturated carbocycles. The predicted octanol–water partition coefficient (Wildman–Crippen LogP) is 0.840. The molecule has 0 spiro atoms. The van der Waals surface area contributed by atoms with Crippen molar-refractivity contribution in [3.05, 3.63) is 0 Å². The molecule has 0 rings (SSSR count). The van der Waals surface area contributed by atoms with E-state index in [0.29, 0.717) is 0 Å².